The quantitative estimate of drug-likeness (QED) is 0.713. The molecule has 0 spiro atoms. The fourth-order valence-corrected chi connectivity index (χ4v) is 2.31. The highest BCUT2D eigenvalue weighted by Crippen LogP contribution is 2.23. The van der Waals surface area contributed by atoms with Crippen molar-refractivity contribution < 1.29 is 4.39 Å². The van der Waals surface area contributed by atoms with Gasteiger partial charge in [0, 0.05) is 18.5 Å². The summed E-state index contributed by atoms with van der Waals surface area (Å²) in [6.45, 7) is 6.67. The van der Waals surface area contributed by atoms with Crippen molar-refractivity contribution in [2.24, 2.45) is 0 Å². The van der Waals surface area contributed by atoms with Crippen LogP contribution in [-0.2, 0) is 6.42 Å². The Labute approximate surface area is 113 Å². The molecule has 0 aliphatic heterocycles. The highest BCUT2D eigenvalue weighted by atomic mass is 35.5. The second-order valence-electron chi connectivity index (χ2n) is 4.16. The van der Waals surface area contributed by atoms with Crippen molar-refractivity contribution in [3.05, 3.63) is 17.8 Å². The van der Waals surface area contributed by atoms with Gasteiger partial charge in [0.25, 0.3) is 0 Å². The Kier molecular flexibility index (Phi) is 6.33. The van der Waals surface area contributed by atoms with E-state index >= 15 is 0 Å². The normalized spacial score (nSPS) is 11.0. The Morgan fingerprint density at radius 1 is 1.28 bits per heavy atom. The zero-order chi connectivity index (χ0) is 13.5. The summed E-state index contributed by atoms with van der Waals surface area (Å²) in [4.78, 5) is 10.0. The van der Waals surface area contributed by atoms with Crippen LogP contribution in [0.4, 0.5) is 10.2 Å². The average Bonchev–Trinajstić information content (AvgIpc) is 2.39. The molecule has 0 amide bonds. The number of nitrogens with zero attached hydrogens (tertiary/aromatic N) is 3. The molecule has 0 radical (unpaired) electrons. The number of hydrogen-bond acceptors (Lipinski definition) is 3. The lowest BCUT2D eigenvalue weighted by molar-refractivity contribution is 0.530. The largest absolute Gasteiger partial charge is 0.350 e. The molecule has 0 saturated heterocycles. The molecule has 0 N–H and O–H groups in total. The fraction of sp³-hybridized carbons (Fsp3) is 0.692. The molecule has 1 rings (SSSR count). The predicted molar refractivity (Wildman–Crippen MR) is 73.8 cm³/mol. The van der Waals surface area contributed by atoms with E-state index in [1.165, 1.54) is 6.33 Å². The van der Waals surface area contributed by atoms with Gasteiger partial charge in [-0.3, -0.25) is 0 Å². The van der Waals surface area contributed by atoms with Gasteiger partial charge in [-0.1, -0.05) is 20.8 Å². The first kappa shape index (κ1) is 15.2. The van der Waals surface area contributed by atoms with Gasteiger partial charge in [-0.05, 0) is 19.3 Å². The molecule has 102 valence electrons. The van der Waals surface area contributed by atoms with Crippen molar-refractivity contribution in [1.82, 2.24) is 9.97 Å². The van der Waals surface area contributed by atoms with Crippen LogP contribution in [-0.4, -0.2) is 28.4 Å². The molecule has 0 bridgehead atoms. The van der Waals surface area contributed by atoms with Crippen molar-refractivity contribution in [1.29, 1.82) is 0 Å². The number of anilines is 1. The van der Waals surface area contributed by atoms with E-state index in [0.717, 1.165) is 12.8 Å². The Morgan fingerprint density at radius 2 is 1.94 bits per heavy atom. The maximum absolute atomic E-state index is 14.3. The van der Waals surface area contributed by atoms with E-state index < -0.39 is 0 Å². The Hall–Kier alpha value is -0.900. The molecule has 0 aliphatic carbocycles. The monoisotopic (exact) mass is 273 g/mol. The fourth-order valence-electron chi connectivity index (χ4n) is 2.12. The average molecular weight is 274 g/mol. The molecule has 0 fully saturated rings. The van der Waals surface area contributed by atoms with Gasteiger partial charge >= 0.3 is 0 Å². The van der Waals surface area contributed by atoms with Gasteiger partial charge in [-0.25, -0.2) is 14.4 Å². The van der Waals surface area contributed by atoms with E-state index in [0.29, 0.717) is 30.4 Å². The summed E-state index contributed by atoms with van der Waals surface area (Å²) in [7, 11) is 0. The molecular weight excluding hydrogens is 253 g/mol. The lowest BCUT2D eigenvalue weighted by Gasteiger charge is -2.31. The molecule has 1 aromatic rings. The Morgan fingerprint density at radius 3 is 2.44 bits per heavy atom. The maximum atomic E-state index is 14.3. The van der Waals surface area contributed by atoms with Crippen LogP contribution in [0.5, 0.6) is 0 Å². The van der Waals surface area contributed by atoms with Crippen molar-refractivity contribution in [3.8, 4) is 0 Å². The summed E-state index contributed by atoms with van der Waals surface area (Å²) in [5, 5.41) is 0. The van der Waals surface area contributed by atoms with Crippen molar-refractivity contribution in [3.63, 3.8) is 0 Å². The number of aromatic nitrogens is 2. The van der Waals surface area contributed by atoms with Crippen LogP contribution in [0.1, 0.15) is 39.3 Å². The van der Waals surface area contributed by atoms with Gasteiger partial charge in [0.1, 0.15) is 6.33 Å². The minimum absolute atomic E-state index is 0.262. The second kappa shape index (κ2) is 7.52. The third-order valence-corrected chi connectivity index (χ3v) is 3.33. The van der Waals surface area contributed by atoms with Gasteiger partial charge in [-0.2, -0.15) is 0 Å². The second-order valence-corrected chi connectivity index (χ2v) is 4.54. The Bertz CT molecular complexity index is 369. The molecule has 1 heterocycles. The van der Waals surface area contributed by atoms with Crippen molar-refractivity contribution in [2.45, 2.75) is 46.1 Å². The van der Waals surface area contributed by atoms with Gasteiger partial charge in [0.05, 0.1) is 5.69 Å². The summed E-state index contributed by atoms with van der Waals surface area (Å²) < 4.78 is 14.3. The third-order valence-electron chi connectivity index (χ3n) is 3.16. The minimum Gasteiger partial charge on any atom is -0.350 e. The molecule has 0 aromatic carbocycles. The summed E-state index contributed by atoms with van der Waals surface area (Å²) >= 11 is 5.82. The Balaban J connectivity index is 3.12. The molecule has 5 heteroatoms. The van der Waals surface area contributed by atoms with E-state index in [9.17, 15) is 4.39 Å². The van der Waals surface area contributed by atoms with Gasteiger partial charge < -0.3 is 4.90 Å². The number of halogens is 2. The highest BCUT2D eigenvalue weighted by Gasteiger charge is 2.21. The first-order valence-electron chi connectivity index (χ1n) is 6.51. The maximum Gasteiger partial charge on any atom is 0.187 e. The zero-order valence-electron chi connectivity index (χ0n) is 11.3. The number of aryl methyl sites for hydroxylation is 1. The van der Waals surface area contributed by atoms with E-state index in [1.807, 2.05) is 11.8 Å². The highest BCUT2D eigenvalue weighted by molar-refractivity contribution is 6.18. The van der Waals surface area contributed by atoms with Gasteiger partial charge in [0.2, 0.25) is 0 Å². The molecule has 0 unspecified atom stereocenters. The van der Waals surface area contributed by atoms with Gasteiger partial charge in [-0.15, -0.1) is 11.6 Å². The van der Waals surface area contributed by atoms with E-state index in [1.54, 1.807) is 0 Å². The van der Waals surface area contributed by atoms with Crippen LogP contribution in [0.2, 0.25) is 0 Å². The van der Waals surface area contributed by atoms with Crippen molar-refractivity contribution in [2.75, 3.05) is 17.3 Å². The molecular formula is C13H21ClFN3. The van der Waals surface area contributed by atoms with E-state index in [2.05, 4.69) is 23.8 Å². The predicted octanol–water partition coefficient (Wildman–Crippen LogP) is 3.41. The molecule has 3 nitrogen and oxygen atoms in total. The molecule has 0 saturated carbocycles. The van der Waals surface area contributed by atoms with Crippen LogP contribution in [0.15, 0.2) is 6.33 Å². The molecule has 18 heavy (non-hydrogen) atoms. The van der Waals surface area contributed by atoms with E-state index in [-0.39, 0.29) is 11.9 Å². The lowest BCUT2D eigenvalue weighted by atomic mass is 10.1. The smallest absolute Gasteiger partial charge is 0.187 e. The van der Waals surface area contributed by atoms with E-state index in [4.69, 9.17) is 11.6 Å². The summed E-state index contributed by atoms with van der Waals surface area (Å²) in [5.41, 5.74) is 0.463. The first-order chi connectivity index (χ1) is 8.69. The summed E-state index contributed by atoms with van der Waals surface area (Å²) in [5.74, 6) is 0.537. The first-order valence-corrected chi connectivity index (χ1v) is 7.04. The van der Waals surface area contributed by atoms with Gasteiger partial charge in [0.15, 0.2) is 11.6 Å². The van der Waals surface area contributed by atoms with Crippen molar-refractivity contribution >= 4 is 17.4 Å². The van der Waals surface area contributed by atoms with Crippen LogP contribution >= 0.6 is 11.6 Å². The summed E-state index contributed by atoms with van der Waals surface area (Å²) in [6, 6.07) is 0.262. The van der Waals surface area contributed by atoms with Crippen LogP contribution in [0, 0.1) is 5.82 Å². The van der Waals surface area contributed by atoms with Crippen LogP contribution < -0.4 is 4.90 Å². The minimum atomic E-state index is -0.308. The molecule has 0 atom stereocenters. The summed E-state index contributed by atoms with van der Waals surface area (Å²) in [6.07, 6.45) is 3.89. The lowest BCUT2D eigenvalue weighted by Crippen LogP contribution is -2.37. The molecule has 0 aliphatic rings. The molecule has 1 aromatic heterocycles. The van der Waals surface area contributed by atoms with Crippen LogP contribution in [0.3, 0.4) is 0 Å². The zero-order valence-corrected chi connectivity index (χ0v) is 12.0. The van der Waals surface area contributed by atoms with Crippen LogP contribution in [0.25, 0.3) is 0 Å². The number of rotatable bonds is 7. The number of alkyl halides is 1. The SMILES string of the molecule is CCc1ncnc(N(CCCl)C(CC)CC)c1F. The number of hydrogen-bond donors (Lipinski definition) is 0. The third kappa shape index (κ3) is 3.31. The standard InChI is InChI=1S/C13H21ClFN3/c1-4-10(5-2)18(8-7-14)13-12(15)11(6-3)16-9-17-13/h9-10H,4-8H2,1-3H3. The topological polar surface area (TPSA) is 29.0 Å².